The number of anilines is 1. The third-order valence-electron chi connectivity index (χ3n) is 3.99. The van der Waals surface area contributed by atoms with Crippen LogP contribution in [0.15, 0.2) is 60.4 Å². The van der Waals surface area contributed by atoms with Crippen molar-refractivity contribution in [2.75, 3.05) is 18.0 Å². The number of fused-ring (bicyclic) bond motifs is 1. The lowest BCUT2D eigenvalue weighted by molar-refractivity contribution is 0.929. The highest BCUT2D eigenvalue weighted by atomic mass is 79.9. The van der Waals surface area contributed by atoms with Crippen LogP contribution in [0.2, 0.25) is 0 Å². The SMILES string of the molecule is C=CCN(CC=C)c1ncnc2sc(CC)c(-c3ccc(Br)cc3)c12. The van der Waals surface area contributed by atoms with Crippen LogP contribution in [-0.2, 0) is 6.42 Å². The van der Waals surface area contributed by atoms with Gasteiger partial charge in [0.05, 0.1) is 5.39 Å². The molecule has 0 aliphatic carbocycles. The number of nitrogens with zero attached hydrogens (tertiary/aromatic N) is 3. The first-order valence-corrected chi connectivity index (χ1v) is 9.79. The Balaban J connectivity index is 2.29. The van der Waals surface area contributed by atoms with Gasteiger partial charge in [-0.1, -0.05) is 47.1 Å². The highest BCUT2D eigenvalue weighted by Gasteiger charge is 2.20. The molecule has 25 heavy (non-hydrogen) atoms. The second kappa shape index (κ2) is 7.93. The maximum absolute atomic E-state index is 4.61. The standard InChI is InChI=1S/C20H20BrN3S/c1-4-11-24(12-5-2)19-18-17(14-7-9-15(21)10-8-14)16(6-3)25-20(18)23-13-22-19/h4-5,7-10,13H,1-2,6,11-12H2,3H3. The van der Waals surface area contributed by atoms with Crippen molar-refractivity contribution in [3.05, 3.63) is 65.3 Å². The van der Waals surface area contributed by atoms with Crippen molar-refractivity contribution < 1.29 is 0 Å². The molecule has 0 aliphatic heterocycles. The van der Waals surface area contributed by atoms with Gasteiger partial charge in [0, 0.05) is 28.0 Å². The lowest BCUT2D eigenvalue weighted by Crippen LogP contribution is -2.24. The van der Waals surface area contributed by atoms with Crippen LogP contribution in [0.25, 0.3) is 21.3 Å². The second-order valence-electron chi connectivity index (χ2n) is 5.62. The van der Waals surface area contributed by atoms with Crippen LogP contribution in [-0.4, -0.2) is 23.1 Å². The summed E-state index contributed by atoms with van der Waals surface area (Å²) >= 11 is 5.27. The Kier molecular flexibility index (Phi) is 5.66. The van der Waals surface area contributed by atoms with E-state index < -0.39 is 0 Å². The topological polar surface area (TPSA) is 29.0 Å². The zero-order valence-electron chi connectivity index (χ0n) is 14.2. The molecule has 3 nitrogen and oxygen atoms in total. The highest BCUT2D eigenvalue weighted by molar-refractivity contribution is 9.10. The van der Waals surface area contributed by atoms with E-state index in [0.717, 1.165) is 40.0 Å². The van der Waals surface area contributed by atoms with E-state index >= 15 is 0 Å². The van der Waals surface area contributed by atoms with Gasteiger partial charge in [0.1, 0.15) is 17.0 Å². The summed E-state index contributed by atoms with van der Waals surface area (Å²) in [4.78, 5) is 13.7. The molecule has 0 atom stereocenters. The van der Waals surface area contributed by atoms with Gasteiger partial charge in [0.25, 0.3) is 0 Å². The number of aromatic nitrogens is 2. The van der Waals surface area contributed by atoms with Gasteiger partial charge in [0.15, 0.2) is 0 Å². The van der Waals surface area contributed by atoms with Crippen molar-refractivity contribution in [2.24, 2.45) is 0 Å². The fourth-order valence-corrected chi connectivity index (χ4v) is 4.29. The minimum absolute atomic E-state index is 0.717. The molecule has 2 heterocycles. The van der Waals surface area contributed by atoms with Gasteiger partial charge in [-0.25, -0.2) is 9.97 Å². The molecule has 0 saturated carbocycles. The zero-order chi connectivity index (χ0) is 17.8. The fourth-order valence-electron chi connectivity index (χ4n) is 2.93. The van der Waals surface area contributed by atoms with Crippen LogP contribution < -0.4 is 4.90 Å². The predicted molar refractivity (Wildman–Crippen MR) is 113 cm³/mol. The summed E-state index contributed by atoms with van der Waals surface area (Å²) in [7, 11) is 0. The normalized spacial score (nSPS) is 10.8. The monoisotopic (exact) mass is 413 g/mol. The van der Waals surface area contributed by atoms with E-state index in [1.807, 2.05) is 12.2 Å². The van der Waals surface area contributed by atoms with Crippen LogP contribution in [0.3, 0.4) is 0 Å². The minimum Gasteiger partial charge on any atom is -0.349 e. The average molecular weight is 414 g/mol. The Hall–Kier alpha value is -1.98. The summed E-state index contributed by atoms with van der Waals surface area (Å²) in [5, 5.41) is 1.12. The van der Waals surface area contributed by atoms with E-state index in [2.05, 4.69) is 75.1 Å². The number of thiophene rings is 1. The molecule has 0 unspecified atom stereocenters. The number of hydrogen-bond acceptors (Lipinski definition) is 4. The van der Waals surface area contributed by atoms with Crippen molar-refractivity contribution >= 4 is 43.3 Å². The summed E-state index contributed by atoms with van der Waals surface area (Å²) < 4.78 is 1.07. The molecule has 0 radical (unpaired) electrons. The lowest BCUT2D eigenvalue weighted by Gasteiger charge is -2.21. The van der Waals surface area contributed by atoms with Gasteiger partial charge >= 0.3 is 0 Å². The molecular formula is C20H20BrN3S. The molecule has 0 N–H and O–H groups in total. The van der Waals surface area contributed by atoms with Gasteiger partial charge in [-0.3, -0.25) is 0 Å². The van der Waals surface area contributed by atoms with Gasteiger partial charge in [-0.05, 0) is 24.1 Å². The smallest absolute Gasteiger partial charge is 0.141 e. The second-order valence-corrected chi connectivity index (χ2v) is 7.62. The summed E-state index contributed by atoms with van der Waals surface area (Å²) in [5.74, 6) is 0.943. The van der Waals surface area contributed by atoms with Crippen molar-refractivity contribution in [1.82, 2.24) is 9.97 Å². The summed E-state index contributed by atoms with van der Waals surface area (Å²) in [6, 6.07) is 8.44. The molecule has 0 fully saturated rings. The highest BCUT2D eigenvalue weighted by Crippen LogP contribution is 2.42. The number of halogens is 1. The van der Waals surface area contributed by atoms with Crippen LogP contribution >= 0.6 is 27.3 Å². The fraction of sp³-hybridized carbons (Fsp3) is 0.200. The molecule has 0 bridgehead atoms. The summed E-state index contributed by atoms with van der Waals surface area (Å²) in [5.41, 5.74) is 2.43. The number of benzene rings is 1. The Morgan fingerprint density at radius 2 is 1.80 bits per heavy atom. The first-order valence-electron chi connectivity index (χ1n) is 8.18. The van der Waals surface area contributed by atoms with E-state index in [1.54, 1.807) is 17.7 Å². The molecular weight excluding hydrogens is 394 g/mol. The van der Waals surface area contributed by atoms with Crippen molar-refractivity contribution in [1.29, 1.82) is 0 Å². The Bertz CT molecular complexity index is 889. The molecule has 0 spiro atoms. The molecule has 0 amide bonds. The van der Waals surface area contributed by atoms with Gasteiger partial charge in [-0.15, -0.1) is 24.5 Å². The predicted octanol–water partition coefficient (Wildman–Crippen LogP) is 5.86. The molecule has 3 rings (SSSR count). The molecule has 2 aromatic heterocycles. The minimum atomic E-state index is 0.717. The Labute approximate surface area is 160 Å². The quantitative estimate of drug-likeness (QED) is 0.454. The summed E-state index contributed by atoms with van der Waals surface area (Å²) in [6.45, 7) is 11.4. The van der Waals surface area contributed by atoms with Gasteiger partial charge < -0.3 is 4.90 Å². The molecule has 0 aliphatic rings. The maximum Gasteiger partial charge on any atom is 0.141 e. The summed E-state index contributed by atoms with van der Waals surface area (Å²) in [6.07, 6.45) is 6.40. The van der Waals surface area contributed by atoms with Crippen molar-refractivity contribution in [2.45, 2.75) is 13.3 Å². The molecule has 3 aromatic rings. The molecule has 0 saturated heterocycles. The maximum atomic E-state index is 4.61. The van der Waals surface area contributed by atoms with E-state index in [4.69, 9.17) is 0 Å². The van der Waals surface area contributed by atoms with Crippen LogP contribution in [0.5, 0.6) is 0 Å². The van der Waals surface area contributed by atoms with Gasteiger partial charge in [-0.2, -0.15) is 0 Å². The third-order valence-corrected chi connectivity index (χ3v) is 5.76. The Morgan fingerprint density at radius 1 is 1.12 bits per heavy atom. The average Bonchev–Trinajstić information content (AvgIpc) is 3.01. The van der Waals surface area contributed by atoms with Crippen LogP contribution in [0.4, 0.5) is 5.82 Å². The van der Waals surface area contributed by atoms with Crippen LogP contribution in [0, 0.1) is 0 Å². The molecule has 128 valence electrons. The zero-order valence-corrected chi connectivity index (χ0v) is 16.6. The first kappa shape index (κ1) is 17.8. The van der Waals surface area contributed by atoms with Crippen molar-refractivity contribution in [3.8, 4) is 11.1 Å². The number of rotatable bonds is 7. The van der Waals surface area contributed by atoms with E-state index in [1.165, 1.54) is 16.0 Å². The van der Waals surface area contributed by atoms with E-state index in [0.29, 0.717) is 0 Å². The number of hydrogen-bond donors (Lipinski definition) is 0. The van der Waals surface area contributed by atoms with E-state index in [-0.39, 0.29) is 0 Å². The molecule has 1 aromatic carbocycles. The number of aryl methyl sites for hydroxylation is 1. The third kappa shape index (κ3) is 3.53. The van der Waals surface area contributed by atoms with Crippen LogP contribution in [0.1, 0.15) is 11.8 Å². The van der Waals surface area contributed by atoms with Gasteiger partial charge in [0.2, 0.25) is 0 Å². The Morgan fingerprint density at radius 3 is 2.40 bits per heavy atom. The van der Waals surface area contributed by atoms with E-state index in [9.17, 15) is 0 Å². The lowest BCUT2D eigenvalue weighted by atomic mass is 10.0. The van der Waals surface area contributed by atoms with Crippen molar-refractivity contribution in [3.63, 3.8) is 0 Å². The molecule has 5 heteroatoms. The first-order chi connectivity index (χ1) is 12.2. The largest absolute Gasteiger partial charge is 0.349 e.